The molecular weight excluding hydrogens is 294 g/mol. The van der Waals surface area contributed by atoms with Crippen molar-refractivity contribution in [1.82, 2.24) is 20.4 Å². The van der Waals surface area contributed by atoms with E-state index >= 15 is 0 Å². The molecule has 2 rings (SSSR count). The summed E-state index contributed by atoms with van der Waals surface area (Å²) in [4.78, 5) is 27.5. The summed E-state index contributed by atoms with van der Waals surface area (Å²) in [6, 6.07) is -0.684. The molecule has 2 heterocycles. The summed E-state index contributed by atoms with van der Waals surface area (Å²) in [6.45, 7) is 5.78. The van der Waals surface area contributed by atoms with Gasteiger partial charge in [-0.2, -0.15) is 0 Å². The predicted octanol–water partition coefficient (Wildman–Crippen LogP) is -0.348. The van der Waals surface area contributed by atoms with Gasteiger partial charge in [0, 0.05) is 38.6 Å². The van der Waals surface area contributed by atoms with Crippen molar-refractivity contribution >= 4 is 11.8 Å². The number of nitrogens with one attached hydrogen (secondary N) is 2. The van der Waals surface area contributed by atoms with Gasteiger partial charge in [-0.1, -0.05) is 0 Å². The number of alkyl halides is 2. The largest absolute Gasteiger partial charge is 0.353 e. The molecule has 2 saturated heterocycles. The fourth-order valence-electron chi connectivity index (χ4n) is 2.81. The first-order valence-corrected chi connectivity index (χ1v) is 7.68. The average Bonchev–Trinajstić information content (AvgIpc) is 2.78. The number of nitrogens with zero attached hydrogens (tertiary/aromatic N) is 2. The zero-order valence-electron chi connectivity index (χ0n) is 13.1. The summed E-state index contributed by atoms with van der Waals surface area (Å²) < 4.78 is 26.3. The van der Waals surface area contributed by atoms with Crippen molar-refractivity contribution in [2.24, 2.45) is 0 Å². The lowest BCUT2D eigenvalue weighted by Crippen LogP contribution is -2.54. The van der Waals surface area contributed by atoms with E-state index in [-0.39, 0.29) is 17.9 Å². The molecule has 126 valence electrons. The van der Waals surface area contributed by atoms with Crippen LogP contribution in [-0.4, -0.2) is 78.9 Å². The van der Waals surface area contributed by atoms with Crippen LogP contribution in [0.4, 0.5) is 8.78 Å². The zero-order valence-corrected chi connectivity index (χ0v) is 13.1. The summed E-state index contributed by atoms with van der Waals surface area (Å²) in [5, 5.41) is 5.41. The predicted molar refractivity (Wildman–Crippen MR) is 77.7 cm³/mol. The molecule has 6 nitrogen and oxygen atoms in total. The highest BCUT2D eigenvalue weighted by Gasteiger charge is 2.43. The molecule has 0 spiro atoms. The number of carbonyl (C=O) groups excluding carboxylic acids is 2. The third kappa shape index (κ3) is 4.61. The molecule has 0 aromatic heterocycles. The lowest BCUT2D eigenvalue weighted by molar-refractivity contribution is -0.135. The van der Waals surface area contributed by atoms with Gasteiger partial charge in [0.25, 0.3) is 5.92 Å². The molecule has 1 atom stereocenters. The normalized spacial score (nSPS) is 25.5. The first-order valence-electron chi connectivity index (χ1n) is 7.68. The Morgan fingerprint density at radius 3 is 2.41 bits per heavy atom. The van der Waals surface area contributed by atoms with E-state index in [1.165, 1.54) is 0 Å². The lowest BCUT2D eigenvalue weighted by Gasteiger charge is -2.35. The Balaban J connectivity index is 1.75. The van der Waals surface area contributed by atoms with Gasteiger partial charge < -0.3 is 10.2 Å². The Morgan fingerprint density at radius 2 is 1.91 bits per heavy atom. The monoisotopic (exact) mass is 318 g/mol. The first-order chi connectivity index (χ1) is 10.3. The maximum absolute atomic E-state index is 13.1. The van der Waals surface area contributed by atoms with Crippen molar-refractivity contribution < 1.29 is 18.4 Å². The molecule has 0 aromatic rings. The summed E-state index contributed by atoms with van der Waals surface area (Å²) in [5.74, 6) is -3.09. The van der Waals surface area contributed by atoms with Gasteiger partial charge in [0.1, 0.15) is 0 Å². The number of carbonyl (C=O) groups is 2. The van der Waals surface area contributed by atoms with Crippen molar-refractivity contribution in [2.75, 3.05) is 39.3 Å². The average molecular weight is 318 g/mol. The number of amides is 2. The van der Waals surface area contributed by atoms with Gasteiger partial charge >= 0.3 is 0 Å². The SMILES string of the molecule is CC(C)NC(=O)CN1CCN(C(=O)C2CC(F)(F)CN2)CC1. The third-order valence-corrected chi connectivity index (χ3v) is 3.91. The highest BCUT2D eigenvalue weighted by Crippen LogP contribution is 2.26. The van der Waals surface area contributed by atoms with Gasteiger partial charge in [0.2, 0.25) is 11.8 Å². The maximum atomic E-state index is 13.1. The Labute approximate surface area is 129 Å². The molecule has 2 amide bonds. The molecule has 0 aliphatic carbocycles. The van der Waals surface area contributed by atoms with Gasteiger partial charge in [-0.05, 0) is 13.8 Å². The number of halogens is 2. The van der Waals surface area contributed by atoms with E-state index in [1.54, 1.807) is 4.90 Å². The van der Waals surface area contributed by atoms with E-state index in [2.05, 4.69) is 10.6 Å². The maximum Gasteiger partial charge on any atom is 0.262 e. The Hall–Kier alpha value is -1.28. The van der Waals surface area contributed by atoms with Crippen molar-refractivity contribution in [3.05, 3.63) is 0 Å². The van der Waals surface area contributed by atoms with Crippen LogP contribution in [0.2, 0.25) is 0 Å². The van der Waals surface area contributed by atoms with E-state index in [0.717, 1.165) is 0 Å². The highest BCUT2D eigenvalue weighted by molar-refractivity contribution is 5.82. The second-order valence-corrected chi connectivity index (χ2v) is 6.32. The van der Waals surface area contributed by atoms with Crippen LogP contribution in [-0.2, 0) is 9.59 Å². The number of hydrogen-bond donors (Lipinski definition) is 2. The molecule has 2 N–H and O–H groups in total. The molecule has 2 aliphatic heterocycles. The highest BCUT2D eigenvalue weighted by atomic mass is 19.3. The van der Waals surface area contributed by atoms with Crippen LogP contribution in [0.25, 0.3) is 0 Å². The zero-order chi connectivity index (χ0) is 16.3. The smallest absolute Gasteiger partial charge is 0.262 e. The molecule has 0 aromatic carbocycles. The second kappa shape index (κ2) is 6.87. The van der Waals surface area contributed by atoms with Gasteiger partial charge in [0.05, 0.1) is 19.1 Å². The lowest BCUT2D eigenvalue weighted by atomic mass is 10.1. The molecule has 1 unspecified atom stereocenters. The van der Waals surface area contributed by atoms with Crippen LogP contribution in [0.3, 0.4) is 0 Å². The van der Waals surface area contributed by atoms with Crippen LogP contribution < -0.4 is 10.6 Å². The van der Waals surface area contributed by atoms with Crippen molar-refractivity contribution in [3.63, 3.8) is 0 Å². The fraction of sp³-hybridized carbons (Fsp3) is 0.857. The van der Waals surface area contributed by atoms with E-state index in [1.807, 2.05) is 18.7 Å². The molecule has 22 heavy (non-hydrogen) atoms. The van der Waals surface area contributed by atoms with Crippen LogP contribution >= 0.6 is 0 Å². The molecule has 2 fully saturated rings. The molecule has 8 heteroatoms. The van der Waals surface area contributed by atoms with Crippen LogP contribution in [0.5, 0.6) is 0 Å². The Bertz CT molecular complexity index is 423. The van der Waals surface area contributed by atoms with E-state index in [9.17, 15) is 18.4 Å². The van der Waals surface area contributed by atoms with E-state index in [0.29, 0.717) is 32.7 Å². The van der Waals surface area contributed by atoms with Crippen molar-refractivity contribution in [3.8, 4) is 0 Å². The summed E-state index contributed by atoms with van der Waals surface area (Å²) in [6.07, 6.45) is -0.428. The Kier molecular flexibility index (Phi) is 5.33. The van der Waals surface area contributed by atoms with E-state index < -0.39 is 24.9 Å². The molecule has 0 saturated carbocycles. The number of hydrogen-bond acceptors (Lipinski definition) is 4. The number of piperazine rings is 1. The van der Waals surface area contributed by atoms with Gasteiger partial charge in [-0.15, -0.1) is 0 Å². The first kappa shape index (κ1) is 17.1. The number of rotatable bonds is 4. The minimum absolute atomic E-state index is 0.0353. The quantitative estimate of drug-likeness (QED) is 0.744. The third-order valence-electron chi connectivity index (χ3n) is 3.91. The summed E-state index contributed by atoms with van der Waals surface area (Å²) >= 11 is 0. The van der Waals surface area contributed by atoms with Gasteiger partial charge in [-0.3, -0.25) is 19.8 Å². The van der Waals surface area contributed by atoms with Crippen LogP contribution in [0.15, 0.2) is 0 Å². The molecular formula is C14H24F2N4O2. The van der Waals surface area contributed by atoms with Crippen LogP contribution in [0.1, 0.15) is 20.3 Å². The summed E-state index contributed by atoms with van der Waals surface area (Å²) in [5.41, 5.74) is 0. The van der Waals surface area contributed by atoms with Gasteiger partial charge in [0.15, 0.2) is 0 Å². The molecule has 2 aliphatic rings. The van der Waals surface area contributed by atoms with Crippen molar-refractivity contribution in [1.29, 1.82) is 0 Å². The summed E-state index contributed by atoms with van der Waals surface area (Å²) in [7, 11) is 0. The molecule has 0 radical (unpaired) electrons. The van der Waals surface area contributed by atoms with Crippen LogP contribution in [0, 0.1) is 0 Å². The standard InChI is InChI=1S/C14H24F2N4O2/c1-10(2)18-12(21)8-19-3-5-20(6-4-19)13(22)11-7-14(15,16)9-17-11/h10-11,17H,3-9H2,1-2H3,(H,18,21). The minimum atomic E-state index is -2.79. The topological polar surface area (TPSA) is 64.7 Å². The second-order valence-electron chi connectivity index (χ2n) is 6.32. The fourth-order valence-corrected chi connectivity index (χ4v) is 2.81. The van der Waals surface area contributed by atoms with E-state index in [4.69, 9.17) is 0 Å². The molecule has 0 bridgehead atoms. The minimum Gasteiger partial charge on any atom is -0.353 e. The van der Waals surface area contributed by atoms with Crippen molar-refractivity contribution in [2.45, 2.75) is 38.3 Å². The Morgan fingerprint density at radius 1 is 1.27 bits per heavy atom. The van der Waals surface area contributed by atoms with Gasteiger partial charge in [-0.25, -0.2) is 8.78 Å².